The Hall–Kier alpha value is -1.26. The van der Waals surface area contributed by atoms with Crippen molar-refractivity contribution in [1.29, 1.82) is 0 Å². The van der Waals surface area contributed by atoms with Crippen LogP contribution in [0.1, 0.15) is 22.0 Å². The average Bonchev–Trinajstić information content (AvgIpc) is 2.88. The van der Waals surface area contributed by atoms with Crippen molar-refractivity contribution in [3.63, 3.8) is 0 Å². The van der Waals surface area contributed by atoms with Crippen LogP contribution in [0.25, 0.3) is 0 Å². The number of furan rings is 1. The van der Waals surface area contributed by atoms with Crippen LogP contribution in [-0.2, 0) is 6.42 Å². The number of nitrogens with two attached hydrogens (primary N) is 1. The summed E-state index contributed by atoms with van der Waals surface area (Å²) < 4.78 is 5.06. The van der Waals surface area contributed by atoms with Gasteiger partial charge in [-0.15, -0.1) is 23.7 Å². The van der Waals surface area contributed by atoms with Gasteiger partial charge in [0.15, 0.2) is 0 Å². The molecule has 2 aromatic rings. The van der Waals surface area contributed by atoms with E-state index < -0.39 is 0 Å². The van der Waals surface area contributed by atoms with Gasteiger partial charge in [-0.2, -0.15) is 0 Å². The van der Waals surface area contributed by atoms with Gasteiger partial charge in [0.1, 0.15) is 5.84 Å². The number of halogens is 1. The minimum Gasteiger partial charge on any atom is -0.472 e. The van der Waals surface area contributed by atoms with E-state index in [0.717, 1.165) is 16.9 Å². The molecule has 0 aromatic carbocycles. The van der Waals surface area contributed by atoms with Crippen LogP contribution in [0.3, 0.4) is 0 Å². The topological polar surface area (TPSA) is 51.5 Å². The van der Waals surface area contributed by atoms with E-state index >= 15 is 0 Å². The molecule has 0 saturated carbocycles. The Bertz CT molecular complexity index is 504. The van der Waals surface area contributed by atoms with Crippen molar-refractivity contribution in [3.8, 4) is 0 Å². The summed E-state index contributed by atoms with van der Waals surface area (Å²) >= 11 is 1.65. The monoisotopic (exact) mass is 254 g/mol. The Morgan fingerprint density at radius 3 is 3.06 bits per heavy atom. The zero-order valence-electron chi connectivity index (χ0n) is 8.42. The smallest absolute Gasteiger partial charge is 0.136 e. The molecule has 0 radical (unpaired) electrons. The molecule has 2 aromatic heterocycles. The number of hydrogen-bond acceptors (Lipinski definition) is 4. The summed E-state index contributed by atoms with van der Waals surface area (Å²) in [5.41, 5.74) is 8.30. The largest absolute Gasteiger partial charge is 0.472 e. The Balaban J connectivity index is 0.000000963. The second kappa shape index (κ2) is 4.31. The molecule has 1 aliphatic heterocycles. The van der Waals surface area contributed by atoms with Gasteiger partial charge in [-0.05, 0) is 23.1 Å². The number of thiophene rings is 1. The van der Waals surface area contributed by atoms with Crippen molar-refractivity contribution >= 4 is 29.6 Å². The molecule has 0 aliphatic carbocycles. The first kappa shape index (κ1) is 11.2. The van der Waals surface area contributed by atoms with Crippen LogP contribution in [0.15, 0.2) is 39.4 Å². The Morgan fingerprint density at radius 2 is 2.31 bits per heavy atom. The molecule has 0 bridgehead atoms. The van der Waals surface area contributed by atoms with Crippen LogP contribution in [0.2, 0.25) is 0 Å². The van der Waals surface area contributed by atoms with Crippen molar-refractivity contribution < 1.29 is 4.42 Å². The second-order valence-corrected chi connectivity index (χ2v) is 4.48. The lowest BCUT2D eigenvalue weighted by Gasteiger charge is -2.17. The molecule has 16 heavy (non-hydrogen) atoms. The predicted molar refractivity (Wildman–Crippen MR) is 67.4 cm³/mol. The quantitative estimate of drug-likeness (QED) is 0.851. The van der Waals surface area contributed by atoms with Crippen LogP contribution < -0.4 is 5.73 Å². The molecule has 84 valence electrons. The lowest BCUT2D eigenvalue weighted by molar-refractivity contribution is 0.558. The molecule has 3 rings (SSSR count). The molecule has 0 saturated heterocycles. The average molecular weight is 255 g/mol. The highest BCUT2D eigenvalue weighted by Crippen LogP contribution is 2.31. The van der Waals surface area contributed by atoms with E-state index in [9.17, 15) is 0 Å². The highest BCUT2D eigenvalue weighted by molar-refractivity contribution is 7.12. The molecule has 1 atom stereocenters. The Kier molecular flexibility index (Phi) is 3.03. The third-order valence-electron chi connectivity index (χ3n) is 2.62. The molecule has 5 heteroatoms. The molecule has 1 aliphatic rings. The number of hydrogen-bond donors (Lipinski definition) is 1. The van der Waals surface area contributed by atoms with Crippen LogP contribution in [0, 0.1) is 0 Å². The first-order chi connectivity index (χ1) is 7.34. The van der Waals surface area contributed by atoms with Crippen molar-refractivity contribution in [1.82, 2.24) is 0 Å². The molecule has 0 amide bonds. The van der Waals surface area contributed by atoms with E-state index in [4.69, 9.17) is 10.2 Å². The van der Waals surface area contributed by atoms with Crippen molar-refractivity contribution in [3.05, 3.63) is 46.0 Å². The fourth-order valence-corrected chi connectivity index (χ4v) is 2.70. The molecule has 0 spiro atoms. The standard InChI is InChI=1S/C11H10N2OS.ClH/c12-11-10-7(2-4-15-10)5-9(13-11)8-1-3-14-6-8;/h1-4,6,9H,5H2,(H2,12,13);1H. The van der Waals surface area contributed by atoms with Gasteiger partial charge in [-0.25, -0.2) is 0 Å². The fraction of sp³-hybridized carbons (Fsp3) is 0.182. The first-order valence-corrected chi connectivity index (χ1v) is 5.64. The van der Waals surface area contributed by atoms with Crippen LogP contribution in [-0.4, -0.2) is 5.84 Å². The molecular formula is C11H11ClN2OS. The summed E-state index contributed by atoms with van der Waals surface area (Å²) in [6.45, 7) is 0. The summed E-state index contributed by atoms with van der Waals surface area (Å²) in [6, 6.07) is 4.18. The van der Waals surface area contributed by atoms with Crippen molar-refractivity contribution in [2.75, 3.05) is 0 Å². The van der Waals surface area contributed by atoms with E-state index in [-0.39, 0.29) is 18.4 Å². The molecule has 3 nitrogen and oxygen atoms in total. The summed E-state index contributed by atoms with van der Waals surface area (Å²) in [4.78, 5) is 5.60. The number of aliphatic imine (C=N–C) groups is 1. The number of fused-ring (bicyclic) bond motifs is 1. The van der Waals surface area contributed by atoms with Crippen molar-refractivity contribution in [2.24, 2.45) is 10.7 Å². The minimum atomic E-state index is 0. The lowest BCUT2D eigenvalue weighted by Crippen LogP contribution is -2.20. The van der Waals surface area contributed by atoms with E-state index in [2.05, 4.69) is 16.4 Å². The zero-order valence-corrected chi connectivity index (χ0v) is 10.1. The Morgan fingerprint density at radius 1 is 1.44 bits per heavy atom. The van der Waals surface area contributed by atoms with Gasteiger partial charge in [-0.3, -0.25) is 4.99 Å². The van der Waals surface area contributed by atoms with Gasteiger partial charge < -0.3 is 10.2 Å². The van der Waals surface area contributed by atoms with Gasteiger partial charge in [0.25, 0.3) is 0 Å². The normalized spacial score (nSPS) is 18.5. The maximum absolute atomic E-state index is 5.92. The molecule has 0 fully saturated rings. The van der Waals surface area contributed by atoms with Gasteiger partial charge in [0.2, 0.25) is 0 Å². The molecule has 1 unspecified atom stereocenters. The number of amidine groups is 1. The molecule has 2 N–H and O–H groups in total. The van der Waals surface area contributed by atoms with Crippen molar-refractivity contribution in [2.45, 2.75) is 12.5 Å². The van der Waals surface area contributed by atoms with E-state index in [1.807, 2.05) is 6.07 Å². The maximum Gasteiger partial charge on any atom is 0.136 e. The number of nitrogens with zero attached hydrogens (tertiary/aromatic N) is 1. The fourth-order valence-electron chi connectivity index (χ4n) is 1.86. The van der Waals surface area contributed by atoms with E-state index in [1.165, 1.54) is 5.56 Å². The number of rotatable bonds is 1. The van der Waals surface area contributed by atoms with Crippen LogP contribution in [0.4, 0.5) is 0 Å². The Labute approximate surface area is 103 Å². The highest BCUT2D eigenvalue weighted by Gasteiger charge is 2.22. The van der Waals surface area contributed by atoms with Gasteiger partial charge in [0, 0.05) is 12.0 Å². The summed E-state index contributed by atoms with van der Waals surface area (Å²) in [7, 11) is 0. The third kappa shape index (κ3) is 1.74. The molecular weight excluding hydrogens is 244 g/mol. The maximum atomic E-state index is 5.92. The minimum absolute atomic E-state index is 0. The van der Waals surface area contributed by atoms with E-state index in [0.29, 0.717) is 5.84 Å². The SMILES string of the molecule is Cl.NC1=NC(c2ccoc2)Cc2ccsc21. The zero-order chi connectivity index (χ0) is 10.3. The highest BCUT2D eigenvalue weighted by atomic mass is 35.5. The van der Waals surface area contributed by atoms with Gasteiger partial charge in [-0.1, -0.05) is 0 Å². The second-order valence-electron chi connectivity index (χ2n) is 3.57. The summed E-state index contributed by atoms with van der Waals surface area (Å²) in [5, 5.41) is 2.06. The lowest BCUT2D eigenvalue weighted by atomic mass is 9.99. The third-order valence-corrected chi connectivity index (χ3v) is 3.59. The predicted octanol–water partition coefficient (Wildman–Crippen LogP) is 2.77. The van der Waals surface area contributed by atoms with Gasteiger partial charge >= 0.3 is 0 Å². The molecule has 3 heterocycles. The van der Waals surface area contributed by atoms with E-state index in [1.54, 1.807) is 23.9 Å². The first-order valence-electron chi connectivity index (χ1n) is 4.76. The summed E-state index contributed by atoms with van der Waals surface area (Å²) in [5.74, 6) is 0.650. The van der Waals surface area contributed by atoms with Crippen LogP contribution >= 0.6 is 23.7 Å². The van der Waals surface area contributed by atoms with Crippen LogP contribution in [0.5, 0.6) is 0 Å². The summed E-state index contributed by atoms with van der Waals surface area (Å²) in [6.07, 6.45) is 4.32. The van der Waals surface area contributed by atoms with Gasteiger partial charge in [0.05, 0.1) is 23.4 Å².